The summed E-state index contributed by atoms with van der Waals surface area (Å²) in [6, 6.07) is 17.0. The van der Waals surface area contributed by atoms with E-state index in [1.807, 2.05) is 42.5 Å². The molecule has 0 spiro atoms. The zero-order chi connectivity index (χ0) is 16.9. The maximum Gasteiger partial charge on any atom is 0.266 e. The van der Waals surface area contributed by atoms with Crippen LogP contribution in [0, 0.1) is 0 Å². The molecule has 3 aromatic rings. The van der Waals surface area contributed by atoms with Gasteiger partial charge in [-0.25, -0.2) is 0 Å². The second-order valence-corrected chi connectivity index (χ2v) is 6.87. The van der Waals surface area contributed by atoms with Crippen LogP contribution in [0.1, 0.15) is 6.92 Å². The van der Waals surface area contributed by atoms with Gasteiger partial charge < -0.3 is 4.74 Å². The number of anilines is 1. The Labute approximate surface area is 151 Å². The first-order chi connectivity index (χ1) is 11.6. The zero-order valence-corrected chi connectivity index (χ0v) is 15.2. The molecular formula is C17H14BrN3O2S. The molecule has 1 heterocycles. The van der Waals surface area contributed by atoms with Crippen molar-refractivity contribution >= 4 is 38.3 Å². The Morgan fingerprint density at radius 2 is 1.83 bits per heavy atom. The van der Waals surface area contributed by atoms with Crippen molar-refractivity contribution in [3.05, 3.63) is 59.1 Å². The van der Waals surface area contributed by atoms with Gasteiger partial charge in [-0.1, -0.05) is 57.6 Å². The van der Waals surface area contributed by atoms with Gasteiger partial charge in [-0.15, -0.1) is 10.2 Å². The Hall–Kier alpha value is -2.25. The number of halogens is 1. The minimum Gasteiger partial charge on any atom is -0.481 e. The molecule has 7 heteroatoms. The third-order valence-corrected chi connectivity index (χ3v) is 4.59. The number of rotatable bonds is 5. The highest BCUT2D eigenvalue weighted by Gasteiger charge is 2.17. The van der Waals surface area contributed by atoms with E-state index >= 15 is 0 Å². The summed E-state index contributed by atoms with van der Waals surface area (Å²) >= 11 is 4.68. The second kappa shape index (κ2) is 7.55. The van der Waals surface area contributed by atoms with Crippen LogP contribution in [0.2, 0.25) is 0 Å². The van der Waals surface area contributed by atoms with Gasteiger partial charge in [-0.05, 0) is 31.2 Å². The summed E-state index contributed by atoms with van der Waals surface area (Å²) in [7, 11) is 0. The first kappa shape index (κ1) is 16.6. The molecule has 122 valence electrons. The summed E-state index contributed by atoms with van der Waals surface area (Å²) in [5.41, 5.74) is 0.967. The van der Waals surface area contributed by atoms with Gasteiger partial charge in [-0.3, -0.25) is 10.1 Å². The molecule has 1 aromatic heterocycles. The summed E-state index contributed by atoms with van der Waals surface area (Å²) in [5, 5.41) is 12.0. The summed E-state index contributed by atoms with van der Waals surface area (Å²) in [5.74, 6) is 0.358. The van der Waals surface area contributed by atoms with Crippen LogP contribution in [0.5, 0.6) is 5.75 Å². The standard InChI is InChI=1S/C17H14BrN3O2S/c1-11(23-14-9-7-13(18)8-10-14)15(22)19-17-21-20-16(24-17)12-5-3-2-4-6-12/h2-11H,1H3,(H,19,21,22)/t11-/m1/s1. The van der Waals surface area contributed by atoms with E-state index in [9.17, 15) is 4.79 Å². The number of hydrogen-bond donors (Lipinski definition) is 1. The highest BCUT2D eigenvalue weighted by molar-refractivity contribution is 9.10. The first-order valence-corrected chi connectivity index (χ1v) is 8.85. The van der Waals surface area contributed by atoms with Gasteiger partial charge in [0.25, 0.3) is 5.91 Å². The maximum atomic E-state index is 12.2. The number of ether oxygens (including phenoxy) is 1. The van der Waals surface area contributed by atoms with Gasteiger partial charge in [-0.2, -0.15) is 0 Å². The fourth-order valence-corrected chi connectivity index (χ4v) is 2.97. The van der Waals surface area contributed by atoms with Crippen molar-refractivity contribution in [3.63, 3.8) is 0 Å². The number of carbonyl (C=O) groups excluding carboxylic acids is 1. The second-order valence-electron chi connectivity index (χ2n) is 4.98. The third kappa shape index (κ3) is 4.18. The lowest BCUT2D eigenvalue weighted by Crippen LogP contribution is -2.30. The van der Waals surface area contributed by atoms with Crippen LogP contribution < -0.4 is 10.1 Å². The minimum atomic E-state index is -0.643. The van der Waals surface area contributed by atoms with Gasteiger partial charge in [0.15, 0.2) is 6.10 Å². The zero-order valence-electron chi connectivity index (χ0n) is 12.8. The Bertz CT molecular complexity index is 821. The topological polar surface area (TPSA) is 64.1 Å². The number of hydrogen-bond acceptors (Lipinski definition) is 5. The summed E-state index contributed by atoms with van der Waals surface area (Å²) < 4.78 is 6.57. The van der Waals surface area contributed by atoms with Crippen LogP contribution in [0.4, 0.5) is 5.13 Å². The molecule has 0 aliphatic heterocycles. The normalized spacial score (nSPS) is 11.8. The lowest BCUT2D eigenvalue weighted by molar-refractivity contribution is -0.122. The van der Waals surface area contributed by atoms with E-state index in [4.69, 9.17) is 4.74 Å². The van der Waals surface area contributed by atoms with Crippen LogP contribution in [0.25, 0.3) is 10.6 Å². The third-order valence-electron chi connectivity index (χ3n) is 3.17. The summed E-state index contributed by atoms with van der Waals surface area (Å²) in [6.07, 6.45) is -0.643. The molecule has 0 saturated carbocycles. The number of amides is 1. The molecule has 0 saturated heterocycles. The lowest BCUT2D eigenvalue weighted by atomic mass is 10.2. The highest BCUT2D eigenvalue weighted by Crippen LogP contribution is 2.26. The predicted octanol–water partition coefficient (Wildman–Crippen LogP) is 4.37. The molecule has 1 atom stereocenters. The van der Waals surface area contributed by atoms with E-state index in [-0.39, 0.29) is 5.91 Å². The largest absolute Gasteiger partial charge is 0.481 e. The smallest absolute Gasteiger partial charge is 0.266 e. The summed E-state index contributed by atoms with van der Waals surface area (Å²) in [4.78, 5) is 12.2. The number of aromatic nitrogens is 2. The molecule has 2 aromatic carbocycles. The summed E-state index contributed by atoms with van der Waals surface area (Å²) in [6.45, 7) is 1.69. The van der Waals surface area contributed by atoms with E-state index in [2.05, 4.69) is 31.4 Å². The van der Waals surface area contributed by atoms with Crippen molar-refractivity contribution in [2.24, 2.45) is 0 Å². The number of nitrogens with one attached hydrogen (secondary N) is 1. The van der Waals surface area contributed by atoms with Crippen LogP contribution in [0.15, 0.2) is 59.1 Å². The van der Waals surface area contributed by atoms with Crippen molar-refractivity contribution in [3.8, 4) is 16.3 Å². The van der Waals surface area contributed by atoms with Crippen molar-refractivity contribution in [1.82, 2.24) is 10.2 Å². The molecule has 1 amide bonds. The Balaban J connectivity index is 1.62. The number of benzene rings is 2. The lowest BCUT2D eigenvalue weighted by Gasteiger charge is -2.13. The van der Waals surface area contributed by atoms with Crippen molar-refractivity contribution < 1.29 is 9.53 Å². The van der Waals surface area contributed by atoms with E-state index in [0.717, 1.165) is 15.0 Å². The van der Waals surface area contributed by atoms with E-state index in [1.54, 1.807) is 19.1 Å². The Kier molecular flexibility index (Phi) is 5.22. The molecule has 0 aliphatic rings. The molecule has 0 fully saturated rings. The van der Waals surface area contributed by atoms with E-state index in [0.29, 0.717) is 10.9 Å². The van der Waals surface area contributed by atoms with Crippen molar-refractivity contribution in [2.45, 2.75) is 13.0 Å². The average molecular weight is 404 g/mol. The van der Waals surface area contributed by atoms with E-state index in [1.165, 1.54) is 11.3 Å². The maximum absolute atomic E-state index is 12.2. The van der Waals surface area contributed by atoms with Crippen LogP contribution in [-0.2, 0) is 4.79 Å². The quantitative estimate of drug-likeness (QED) is 0.686. The van der Waals surface area contributed by atoms with Gasteiger partial charge in [0.1, 0.15) is 10.8 Å². The Morgan fingerprint density at radius 1 is 1.12 bits per heavy atom. The van der Waals surface area contributed by atoms with Crippen molar-refractivity contribution in [1.29, 1.82) is 0 Å². The molecule has 1 N–H and O–H groups in total. The number of carbonyl (C=O) groups is 1. The monoisotopic (exact) mass is 403 g/mol. The minimum absolute atomic E-state index is 0.270. The van der Waals surface area contributed by atoms with E-state index < -0.39 is 6.10 Å². The highest BCUT2D eigenvalue weighted by atomic mass is 79.9. The number of nitrogens with zero attached hydrogens (tertiary/aromatic N) is 2. The van der Waals surface area contributed by atoms with Crippen LogP contribution >= 0.6 is 27.3 Å². The molecule has 3 rings (SSSR count). The van der Waals surface area contributed by atoms with Gasteiger partial charge in [0.05, 0.1) is 0 Å². The molecule has 0 bridgehead atoms. The fourth-order valence-electron chi connectivity index (χ4n) is 1.95. The van der Waals surface area contributed by atoms with Crippen molar-refractivity contribution in [2.75, 3.05) is 5.32 Å². The molecule has 0 unspecified atom stereocenters. The van der Waals surface area contributed by atoms with Gasteiger partial charge in [0.2, 0.25) is 5.13 Å². The molecule has 0 radical (unpaired) electrons. The SMILES string of the molecule is C[C@@H](Oc1ccc(Br)cc1)C(=O)Nc1nnc(-c2ccccc2)s1. The molecular weight excluding hydrogens is 390 g/mol. The molecule has 0 aliphatic carbocycles. The predicted molar refractivity (Wildman–Crippen MR) is 98.2 cm³/mol. The van der Waals surface area contributed by atoms with Crippen LogP contribution in [-0.4, -0.2) is 22.2 Å². The Morgan fingerprint density at radius 3 is 2.54 bits per heavy atom. The van der Waals surface area contributed by atoms with Gasteiger partial charge in [0, 0.05) is 10.0 Å². The first-order valence-electron chi connectivity index (χ1n) is 7.24. The molecule has 5 nitrogen and oxygen atoms in total. The average Bonchev–Trinajstić information content (AvgIpc) is 3.06. The van der Waals surface area contributed by atoms with Gasteiger partial charge >= 0.3 is 0 Å². The fraction of sp³-hybridized carbons (Fsp3) is 0.118. The van der Waals surface area contributed by atoms with Crippen LogP contribution in [0.3, 0.4) is 0 Å². The molecule has 24 heavy (non-hydrogen) atoms.